The van der Waals surface area contributed by atoms with Gasteiger partial charge in [-0.15, -0.1) is 0 Å². The van der Waals surface area contributed by atoms with E-state index in [1.54, 1.807) is 9.80 Å². The van der Waals surface area contributed by atoms with Crippen molar-refractivity contribution in [2.45, 2.75) is 70.5 Å². The van der Waals surface area contributed by atoms with E-state index in [-0.39, 0.29) is 29.2 Å². The van der Waals surface area contributed by atoms with Crippen LogP contribution in [0.1, 0.15) is 62.3 Å². The second kappa shape index (κ2) is 10.9. The molecule has 3 aliphatic rings. The minimum absolute atomic E-state index is 0.0769. The zero-order chi connectivity index (χ0) is 27.0. The molecule has 2 fully saturated rings. The van der Waals surface area contributed by atoms with Crippen LogP contribution >= 0.6 is 0 Å². The third-order valence-electron chi connectivity index (χ3n) is 8.73. The summed E-state index contributed by atoms with van der Waals surface area (Å²) < 4.78 is 29.4. The SMILES string of the molecule is C=C1C(C2Cc3ccccc3C2)NC(=O)C([C@H](C)CC)N1C(C(=O)N1CCCCC1)c1ccc(F)cc1F. The smallest absolute Gasteiger partial charge is 0.250 e. The Labute approximate surface area is 223 Å². The van der Waals surface area contributed by atoms with Gasteiger partial charge in [-0.05, 0) is 61.1 Å². The highest BCUT2D eigenvalue weighted by molar-refractivity contribution is 5.88. The molecule has 4 atom stereocenters. The van der Waals surface area contributed by atoms with E-state index in [2.05, 4.69) is 24.0 Å². The molecular weight excluding hydrogens is 484 g/mol. The molecule has 0 radical (unpaired) electrons. The molecule has 1 N–H and O–H groups in total. The Hall–Kier alpha value is -3.22. The van der Waals surface area contributed by atoms with Crippen molar-refractivity contribution in [2.75, 3.05) is 13.1 Å². The van der Waals surface area contributed by atoms with Crippen LogP contribution in [0, 0.1) is 23.5 Å². The molecule has 1 aliphatic carbocycles. The molecule has 3 unspecified atom stereocenters. The number of likely N-dealkylation sites (tertiary alicyclic amines) is 1. The van der Waals surface area contributed by atoms with Crippen LogP contribution in [0.3, 0.4) is 0 Å². The molecule has 2 saturated heterocycles. The minimum atomic E-state index is -1.10. The summed E-state index contributed by atoms with van der Waals surface area (Å²) in [5.74, 6) is -1.96. The highest BCUT2D eigenvalue weighted by atomic mass is 19.1. The number of piperazine rings is 1. The summed E-state index contributed by atoms with van der Waals surface area (Å²) in [6.45, 7) is 9.59. The van der Waals surface area contributed by atoms with Crippen LogP contribution < -0.4 is 5.32 Å². The van der Waals surface area contributed by atoms with Crippen molar-refractivity contribution < 1.29 is 18.4 Å². The molecule has 5 rings (SSSR count). The number of nitrogens with one attached hydrogen (secondary N) is 1. The quantitative estimate of drug-likeness (QED) is 0.571. The summed E-state index contributed by atoms with van der Waals surface area (Å²) in [7, 11) is 0. The monoisotopic (exact) mass is 521 g/mol. The van der Waals surface area contributed by atoms with Gasteiger partial charge in [0.1, 0.15) is 23.7 Å². The van der Waals surface area contributed by atoms with Gasteiger partial charge in [0, 0.05) is 30.4 Å². The van der Waals surface area contributed by atoms with Gasteiger partial charge in [-0.3, -0.25) is 9.59 Å². The van der Waals surface area contributed by atoms with Gasteiger partial charge in [-0.2, -0.15) is 0 Å². The maximum Gasteiger partial charge on any atom is 0.250 e. The van der Waals surface area contributed by atoms with Gasteiger partial charge in [0.15, 0.2) is 0 Å². The van der Waals surface area contributed by atoms with E-state index < -0.39 is 29.8 Å². The molecule has 2 aromatic rings. The molecule has 0 saturated carbocycles. The van der Waals surface area contributed by atoms with Crippen LogP contribution in [0.25, 0.3) is 0 Å². The molecule has 202 valence electrons. The van der Waals surface area contributed by atoms with Crippen LogP contribution in [0.4, 0.5) is 8.78 Å². The molecule has 7 heteroatoms. The summed E-state index contributed by atoms with van der Waals surface area (Å²) in [5, 5.41) is 3.23. The molecule has 0 aromatic heterocycles. The van der Waals surface area contributed by atoms with E-state index in [1.807, 2.05) is 26.0 Å². The number of carbonyl (C=O) groups excluding carboxylic acids is 2. The molecular formula is C31H37F2N3O2. The van der Waals surface area contributed by atoms with Gasteiger partial charge >= 0.3 is 0 Å². The van der Waals surface area contributed by atoms with Crippen molar-refractivity contribution in [3.05, 3.63) is 83.1 Å². The van der Waals surface area contributed by atoms with Crippen molar-refractivity contribution in [3.8, 4) is 0 Å². The van der Waals surface area contributed by atoms with Crippen molar-refractivity contribution in [2.24, 2.45) is 11.8 Å². The zero-order valence-corrected chi connectivity index (χ0v) is 22.3. The summed E-state index contributed by atoms with van der Waals surface area (Å²) in [5.41, 5.74) is 3.20. The Bertz CT molecular complexity index is 1200. The Morgan fingerprint density at radius 1 is 1.08 bits per heavy atom. The van der Waals surface area contributed by atoms with Gasteiger partial charge in [0.2, 0.25) is 11.8 Å². The Balaban J connectivity index is 1.58. The van der Waals surface area contributed by atoms with E-state index in [0.29, 0.717) is 25.2 Å². The lowest BCUT2D eigenvalue weighted by atomic mass is 9.84. The first kappa shape index (κ1) is 26.4. The van der Waals surface area contributed by atoms with Crippen molar-refractivity contribution >= 4 is 11.8 Å². The average Bonchev–Trinajstić information content (AvgIpc) is 3.35. The molecule has 2 amide bonds. The lowest BCUT2D eigenvalue weighted by Crippen LogP contribution is -2.64. The number of carbonyl (C=O) groups is 2. The molecule has 2 heterocycles. The Kier molecular flexibility index (Phi) is 7.55. The fourth-order valence-corrected chi connectivity index (χ4v) is 6.50. The fraction of sp³-hybridized carbons (Fsp3) is 0.484. The van der Waals surface area contributed by atoms with Gasteiger partial charge < -0.3 is 15.1 Å². The lowest BCUT2D eigenvalue weighted by Gasteiger charge is -2.50. The van der Waals surface area contributed by atoms with Crippen molar-refractivity contribution in [1.29, 1.82) is 0 Å². The van der Waals surface area contributed by atoms with Gasteiger partial charge in [0.05, 0.1) is 6.04 Å². The van der Waals surface area contributed by atoms with Crippen LogP contribution in [0.5, 0.6) is 0 Å². The average molecular weight is 522 g/mol. The zero-order valence-electron chi connectivity index (χ0n) is 22.3. The number of benzene rings is 2. The third-order valence-corrected chi connectivity index (χ3v) is 8.73. The third kappa shape index (κ3) is 4.83. The summed E-state index contributed by atoms with van der Waals surface area (Å²) in [4.78, 5) is 31.5. The topological polar surface area (TPSA) is 52.7 Å². The second-order valence-corrected chi connectivity index (χ2v) is 11.1. The highest BCUT2D eigenvalue weighted by Crippen LogP contribution is 2.41. The predicted molar refractivity (Wildman–Crippen MR) is 143 cm³/mol. The van der Waals surface area contributed by atoms with E-state index in [0.717, 1.165) is 38.2 Å². The first-order valence-corrected chi connectivity index (χ1v) is 13.9. The first-order chi connectivity index (χ1) is 18.3. The first-order valence-electron chi connectivity index (χ1n) is 13.9. The number of rotatable bonds is 6. The predicted octanol–water partition coefficient (Wildman–Crippen LogP) is 5.16. The highest BCUT2D eigenvalue weighted by Gasteiger charge is 2.49. The van der Waals surface area contributed by atoms with Crippen molar-refractivity contribution in [1.82, 2.24) is 15.1 Å². The number of halogens is 2. The maximum atomic E-state index is 15.4. The maximum absolute atomic E-state index is 15.4. The van der Waals surface area contributed by atoms with E-state index in [4.69, 9.17) is 0 Å². The lowest BCUT2D eigenvalue weighted by molar-refractivity contribution is -0.143. The molecule has 2 aliphatic heterocycles. The molecule has 0 bridgehead atoms. The number of hydrogen-bond donors (Lipinski definition) is 1. The molecule has 0 spiro atoms. The van der Waals surface area contributed by atoms with E-state index in [9.17, 15) is 14.0 Å². The fourth-order valence-electron chi connectivity index (χ4n) is 6.50. The molecule has 5 nitrogen and oxygen atoms in total. The molecule has 2 aromatic carbocycles. The van der Waals surface area contributed by atoms with Crippen LogP contribution in [-0.4, -0.2) is 46.8 Å². The largest absolute Gasteiger partial charge is 0.346 e. The normalized spacial score (nSPS) is 23.7. The van der Waals surface area contributed by atoms with E-state index in [1.165, 1.54) is 23.3 Å². The number of piperidine rings is 1. The Morgan fingerprint density at radius 3 is 2.34 bits per heavy atom. The van der Waals surface area contributed by atoms with Crippen molar-refractivity contribution in [3.63, 3.8) is 0 Å². The summed E-state index contributed by atoms with van der Waals surface area (Å²) in [6.07, 6.45) is 5.07. The number of nitrogens with zero attached hydrogens (tertiary/aromatic N) is 2. The van der Waals surface area contributed by atoms with Crippen LogP contribution in [-0.2, 0) is 22.4 Å². The number of hydrogen-bond acceptors (Lipinski definition) is 3. The van der Waals surface area contributed by atoms with Gasteiger partial charge in [-0.25, -0.2) is 8.78 Å². The Morgan fingerprint density at radius 2 is 1.74 bits per heavy atom. The standard InChI is InChI=1S/C31H37F2N3O2/c1-4-19(2)28-30(37)34-27(23-16-21-10-6-7-11-22(21)17-23)20(3)36(28)29(25-13-12-24(32)18-26(25)33)31(38)35-14-8-5-9-15-35/h6-7,10-13,18-19,23,27-29H,3-5,8-9,14-17H2,1-2H3,(H,34,37)/t19-,27?,28?,29?/m1/s1. The van der Waals surface area contributed by atoms with Crippen LogP contribution in [0.15, 0.2) is 54.7 Å². The second-order valence-electron chi connectivity index (χ2n) is 11.1. The molecule has 38 heavy (non-hydrogen) atoms. The number of fused-ring (bicyclic) bond motifs is 1. The minimum Gasteiger partial charge on any atom is -0.346 e. The summed E-state index contributed by atoms with van der Waals surface area (Å²) >= 11 is 0. The van der Waals surface area contributed by atoms with Crippen LogP contribution in [0.2, 0.25) is 0 Å². The van der Waals surface area contributed by atoms with Gasteiger partial charge in [-0.1, -0.05) is 57.2 Å². The summed E-state index contributed by atoms with van der Waals surface area (Å²) in [6, 6.07) is 9.43. The van der Waals surface area contributed by atoms with Gasteiger partial charge in [0.25, 0.3) is 0 Å². The number of amides is 2. The van der Waals surface area contributed by atoms with E-state index >= 15 is 4.39 Å².